The van der Waals surface area contributed by atoms with Crippen LogP contribution in [-0.4, -0.2) is 23.5 Å². The zero-order chi connectivity index (χ0) is 14.2. The van der Waals surface area contributed by atoms with Gasteiger partial charge in [-0.1, -0.05) is 12.1 Å². The fourth-order valence-electron chi connectivity index (χ4n) is 3.09. The summed E-state index contributed by atoms with van der Waals surface area (Å²) in [7, 11) is 0. The van der Waals surface area contributed by atoms with Gasteiger partial charge in [0, 0.05) is 18.3 Å². The molecule has 1 aliphatic heterocycles. The van der Waals surface area contributed by atoms with Gasteiger partial charge >= 0.3 is 6.03 Å². The number of urea groups is 1. The first-order valence-corrected chi connectivity index (χ1v) is 7.55. The first kappa shape index (κ1) is 13.3. The van der Waals surface area contributed by atoms with E-state index in [0.29, 0.717) is 6.04 Å². The lowest BCUT2D eigenvalue weighted by molar-refractivity contribution is 0.153. The molecule has 0 aromatic heterocycles. The highest BCUT2D eigenvalue weighted by Crippen LogP contribution is 2.45. The summed E-state index contributed by atoms with van der Waals surface area (Å²) in [4.78, 5) is 14.5. The van der Waals surface area contributed by atoms with Gasteiger partial charge in [-0.2, -0.15) is 0 Å². The van der Waals surface area contributed by atoms with E-state index in [4.69, 9.17) is 5.73 Å². The van der Waals surface area contributed by atoms with Gasteiger partial charge in [-0.15, -0.1) is 0 Å². The van der Waals surface area contributed by atoms with Crippen molar-refractivity contribution in [3.63, 3.8) is 0 Å². The summed E-state index contributed by atoms with van der Waals surface area (Å²) in [6, 6.07) is 8.32. The van der Waals surface area contributed by atoms with Crippen LogP contribution >= 0.6 is 0 Å². The van der Waals surface area contributed by atoms with Crippen LogP contribution in [0.15, 0.2) is 24.3 Å². The summed E-state index contributed by atoms with van der Waals surface area (Å²) in [6.45, 7) is 3.02. The zero-order valence-electron chi connectivity index (χ0n) is 12.1. The minimum absolute atomic E-state index is 0.0894. The van der Waals surface area contributed by atoms with E-state index in [1.165, 1.54) is 12.0 Å². The highest BCUT2D eigenvalue weighted by Gasteiger charge is 2.46. The van der Waals surface area contributed by atoms with Crippen LogP contribution in [0.4, 0.5) is 10.5 Å². The number of rotatable bonds is 2. The van der Waals surface area contributed by atoms with Crippen LogP contribution in [0.2, 0.25) is 0 Å². The maximum Gasteiger partial charge on any atom is 0.318 e. The van der Waals surface area contributed by atoms with Crippen molar-refractivity contribution in [1.82, 2.24) is 10.2 Å². The molecule has 3 rings (SSSR count). The molecule has 1 heterocycles. The summed E-state index contributed by atoms with van der Waals surface area (Å²) in [5, 5.41) is 3.25. The average Bonchev–Trinajstić information content (AvgIpc) is 3.20. The van der Waals surface area contributed by atoms with Crippen LogP contribution in [0.3, 0.4) is 0 Å². The number of likely N-dealkylation sites (tertiary alicyclic amines) is 1. The van der Waals surface area contributed by atoms with E-state index in [0.717, 1.165) is 37.9 Å². The Morgan fingerprint density at radius 1 is 1.30 bits per heavy atom. The second-order valence-electron chi connectivity index (χ2n) is 6.17. The van der Waals surface area contributed by atoms with Gasteiger partial charge in [0.2, 0.25) is 0 Å². The van der Waals surface area contributed by atoms with E-state index < -0.39 is 0 Å². The number of carbonyl (C=O) groups excluding carboxylic acids is 1. The second-order valence-corrected chi connectivity index (χ2v) is 6.17. The monoisotopic (exact) mass is 273 g/mol. The van der Waals surface area contributed by atoms with Crippen molar-refractivity contribution in [2.45, 2.75) is 50.6 Å². The number of nitrogens with zero attached hydrogens (tertiary/aromatic N) is 1. The van der Waals surface area contributed by atoms with Crippen molar-refractivity contribution in [3.8, 4) is 0 Å². The molecule has 2 fully saturated rings. The Morgan fingerprint density at radius 2 is 2.00 bits per heavy atom. The molecule has 108 valence electrons. The number of anilines is 1. The number of amides is 2. The molecule has 0 radical (unpaired) electrons. The largest absolute Gasteiger partial charge is 0.399 e. The molecule has 4 heteroatoms. The molecule has 1 unspecified atom stereocenters. The highest BCUT2D eigenvalue weighted by molar-refractivity contribution is 5.76. The zero-order valence-corrected chi connectivity index (χ0v) is 12.1. The van der Waals surface area contributed by atoms with E-state index in [9.17, 15) is 4.79 Å². The average molecular weight is 273 g/mol. The minimum atomic E-state index is -0.151. The number of hydrogen-bond acceptors (Lipinski definition) is 2. The van der Waals surface area contributed by atoms with Crippen molar-refractivity contribution >= 4 is 11.7 Å². The summed E-state index contributed by atoms with van der Waals surface area (Å²) in [5.41, 5.74) is 7.52. The molecule has 20 heavy (non-hydrogen) atoms. The van der Waals surface area contributed by atoms with Gasteiger partial charge in [0.15, 0.2) is 0 Å². The summed E-state index contributed by atoms with van der Waals surface area (Å²) in [5.74, 6) is 0. The Morgan fingerprint density at radius 3 is 2.60 bits per heavy atom. The van der Waals surface area contributed by atoms with E-state index in [-0.39, 0.29) is 11.6 Å². The molecule has 1 aromatic carbocycles. The van der Waals surface area contributed by atoms with Gasteiger partial charge in [-0.3, -0.25) is 0 Å². The van der Waals surface area contributed by atoms with Crippen molar-refractivity contribution in [1.29, 1.82) is 0 Å². The molecule has 1 atom stereocenters. The number of nitrogens with two attached hydrogens (primary N) is 1. The predicted molar refractivity (Wildman–Crippen MR) is 80.3 cm³/mol. The Labute approximate surface area is 120 Å². The standard InChI is InChI=1S/C16H23N3O/c1-12-4-2-3-11-19(12)15(20)18-16(9-10-16)13-5-7-14(17)8-6-13/h5-8,12H,2-4,9-11,17H2,1H3,(H,18,20). The van der Waals surface area contributed by atoms with Crippen LogP contribution in [0.25, 0.3) is 0 Å². The van der Waals surface area contributed by atoms with Crippen molar-refractivity contribution < 1.29 is 4.79 Å². The second kappa shape index (κ2) is 5.00. The SMILES string of the molecule is CC1CCCCN1C(=O)NC1(c2ccc(N)cc2)CC1. The van der Waals surface area contributed by atoms with Gasteiger partial charge in [0.05, 0.1) is 5.54 Å². The van der Waals surface area contributed by atoms with E-state index in [1.54, 1.807) is 0 Å². The normalized spacial score (nSPS) is 24.2. The highest BCUT2D eigenvalue weighted by atomic mass is 16.2. The summed E-state index contributed by atoms with van der Waals surface area (Å²) >= 11 is 0. The van der Waals surface area contributed by atoms with E-state index in [1.807, 2.05) is 29.2 Å². The molecule has 2 aliphatic rings. The molecule has 0 bridgehead atoms. The number of carbonyl (C=O) groups is 1. The molecular weight excluding hydrogens is 250 g/mol. The molecule has 1 aliphatic carbocycles. The summed E-state index contributed by atoms with van der Waals surface area (Å²) in [6.07, 6.45) is 5.50. The first-order valence-electron chi connectivity index (χ1n) is 7.55. The van der Waals surface area contributed by atoms with Gasteiger partial charge in [-0.05, 0) is 56.7 Å². The molecule has 1 aromatic rings. The number of nitrogens with one attached hydrogen (secondary N) is 1. The molecule has 1 saturated carbocycles. The summed E-state index contributed by atoms with van der Waals surface area (Å²) < 4.78 is 0. The topological polar surface area (TPSA) is 58.4 Å². The van der Waals surface area contributed by atoms with Crippen molar-refractivity contribution in [2.24, 2.45) is 0 Å². The molecule has 4 nitrogen and oxygen atoms in total. The van der Waals surface area contributed by atoms with Crippen LogP contribution < -0.4 is 11.1 Å². The fourth-order valence-corrected chi connectivity index (χ4v) is 3.09. The molecule has 1 saturated heterocycles. The van der Waals surface area contributed by atoms with Gasteiger partial charge in [0.25, 0.3) is 0 Å². The lowest BCUT2D eigenvalue weighted by atomic mass is 10.0. The molecule has 2 amide bonds. The minimum Gasteiger partial charge on any atom is -0.399 e. The van der Waals surface area contributed by atoms with E-state index >= 15 is 0 Å². The lowest BCUT2D eigenvalue weighted by Crippen LogP contribution is -2.50. The van der Waals surface area contributed by atoms with Gasteiger partial charge < -0.3 is 16.0 Å². The van der Waals surface area contributed by atoms with E-state index in [2.05, 4.69) is 12.2 Å². The van der Waals surface area contributed by atoms with Crippen LogP contribution in [0.5, 0.6) is 0 Å². The van der Waals surface area contributed by atoms with Gasteiger partial charge in [-0.25, -0.2) is 4.79 Å². The third-order valence-corrected chi connectivity index (χ3v) is 4.62. The fraction of sp³-hybridized carbons (Fsp3) is 0.562. The number of piperidine rings is 1. The van der Waals surface area contributed by atoms with Crippen LogP contribution in [0, 0.1) is 0 Å². The number of nitrogen functional groups attached to an aromatic ring is 1. The quantitative estimate of drug-likeness (QED) is 0.814. The van der Waals surface area contributed by atoms with Crippen molar-refractivity contribution in [3.05, 3.63) is 29.8 Å². The Kier molecular flexibility index (Phi) is 3.32. The third-order valence-electron chi connectivity index (χ3n) is 4.62. The van der Waals surface area contributed by atoms with Gasteiger partial charge in [0.1, 0.15) is 0 Å². The maximum atomic E-state index is 12.5. The smallest absolute Gasteiger partial charge is 0.318 e. The number of benzene rings is 1. The lowest BCUT2D eigenvalue weighted by Gasteiger charge is -2.35. The molecule has 0 spiro atoms. The van der Waals surface area contributed by atoms with Crippen molar-refractivity contribution in [2.75, 3.05) is 12.3 Å². The number of hydrogen-bond donors (Lipinski definition) is 2. The third kappa shape index (κ3) is 2.47. The van der Waals surface area contributed by atoms with Crippen LogP contribution in [-0.2, 0) is 5.54 Å². The Bertz CT molecular complexity index is 493. The molecular formula is C16H23N3O. The Hall–Kier alpha value is -1.71. The molecule has 3 N–H and O–H groups in total. The predicted octanol–water partition coefficient (Wildman–Crippen LogP) is 2.84. The maximum absolute atomic E-state index is 12.5. The van der Waals surface area contributed by atoms with Crippen LogP contribution in [0.1, 0.15) is 44.6 Å². The Balaban J connectivity index is 1.70. The first-order chi connectivity index (χ1) is 9.61.